The zero-order valence-electron chi connectivity index (χ0n) is 13.2. The maximum absolute atomic E-state index is 13.8. The fourth-order valence-electron chi connectivity index (χ4n) is 1.46. The molecular weight excluding hydrogens is 422 g/mol. The first kappa shape index (κ1) is 20.8. The Balaban J connectivity index is 2.37. The molecule has 0 aromatic carbocycles. The molecule has 0 aliphatic heterocycles. The molecule has 2 aromatic rings. The van der Waals surface area contributed by atoms with Crippen LogP contribution in [-0.2, 0) is 0 Å². The van der Waals surface area contributed by atoms with Crippen molar-refractivity contribution < 1.29 is 42.6 Å². The largest absolute Gasteiger partial charge is 0.648 e. The Labute approximate surface area is 152 Å². The number of nitrogens with zero attached hydrogens (tertiary/aromatic N) is 8. The third kappa shape index (κ3) is 3.81. The van der Waals surface area contributed by atoms with Gasteiger partial charge in [0.1, 0.15) is 19.7 Å². The Kier molecular flexibility index (Phi) is 5.23. The van der Waals surface area contributed by atoms with Crippen molar-refractivity contribution in [3.63, 3.8) is 0 Å². The van der Waals surface area contributed by atoms with Crippen LogP contribution in [0.5, 0.6) is 11.8 Å². The quantitative estimate of drug-likeness (QED) is 0.193. The highest BCUT2D eigenvalue weighted by atomic mass is 19.2. The van der Waals surface area contributed by atoms with Gasteiger partial charge in [-0.15, -0.1) is 0 Å². The lowest BCUT2D eigenvalue weighted by molar-refractivity contribution is -0.832. The van der Waals surface area contributed by atoms with Gasteiger partial charge in [0, 0.05) is 0 Å². The second-order valence-corrected chi connectivity index (χ2v) is 4.79. The molecule has 2 heterocycles. The van der Waals surface area contributed by atoms with E-state index in [-0.39, 0.29) is 0 Å². The van der Waals surface area contributed by atoms with Crippen molar-refractivity contribution in [2.45, 2.75) is 11.8 Å². The molecule has 0 radical (unpaired) electrons. The molecule has 29 heavy (non-hydrogen) atoms. The maximum atomic E-state index is 13.8. The normalized spacial score (nSPS) is 11.8. The van der Waals surface area contributed by atoms with Crippen molar-refractivity contribution in [1.82, 2.24) is 20.3 Å². The second-order valence-electron chi connectivity index (χ2n) is 4.79. The Morgan fingerprint density at radius 1 is 0.759 bits per heavy atom. The van der Waals surface area contributed by atoms with Crippen LogP contribution >= 0.6 is 0 Å². The average molecular weight is 426 g/mol. The first-order chi connectivity index (χ1) is 13.4. The molecule has 21 heteroatoms. The molecule has 0 saturated heterocycles. The summed E-state index contributed by atoms with van der Waals surface area (Å²) in [6.07, 6.45) is 0. The molecule has 0 aliphatic carbocycles. The Morgan fingerprint density at radius 2 is 1.07 bits per heavy atom. The minimum Gasteiger partial charge on any atom is -0.454 e. The monoisotopic (exact) mass is 426 g/mol. The number of nitro groups is 4. The first-order valence-corrected chi connectivity index (χ1v) is 6.63. The van der Waals surface area contributed by atoms with E-state index < -0.39 is 67.8 Å². The molecule has 0 atom stereocenters. The number of fused-ring (bicyclic) bond motifs is 1. The van der Waals surface area contributed by atoms with Crippen LogP contribution in [0.3, 0.4) is 0 Å². The van der Waals surface area contributed by atoms with Gasteiger partial charge in [-0.1, -0.05) is 8.78 Å². The number of alkyl halides is 2. The number of hydrogen-bond acceptors (Lipinski definition) is 15. The lowest BCUT2D eigenvalue weighted by Crippen LogP contribution is -2.47. The number of halogens is 2. The van der Waals surface area contributed by atoms with Crippen LogP contribution in [0.2, 0.25) is 0 Å². The summed E-state index contributed by atoms with van der Waals surface area (Å²) in [6, 6.07) is 0. The van der Waals surface area contributed by atoms with Crippen molar-refractivity contribution in [3.05, 3.63) is 40.5 Å². The van der Waals surface area contributed by atoms with E-state index in [9.17, 15) is 49.2 Å². The minimum absolute atomic E-state index is 0.505. The topological polar surface area (TPSA) is 256 Å². The van der Waals surface area contributed by atoms with Crippen molar-refractivity contribution in [2.24, 2.45) is 0 Å². The smallest absolute Gasteiger partial charge is 0.454 e. The number of aromatic nitrogens is 4. The lowest BCUT2D eigenvalue weighted by atomic mass is 10.5. The molecular formula is C8H4F2N8O11. The molecule has 0 saturated carbocycles. The van der Waals surface area contributed by atoms with Gasteiger partial charge in [-0.2, -0.15) is 9.97 Å². The molecule has 0 spiro atoms. The van der Waals surface area contributed by atoms with E-state index in [1.54, 1.807) is 0 Å². The fourth-order valence-corrected chi connectivity index (χ4v) is 1.46. The van der Waals surface area contributed by atoms with E-state index >= 15 is 0 Å². The van der Waals surface area contributed by atoms with Gasteiger partial charge >= 0.3 is 11.8 Å². The molecule has 0 N–H and O–H groups in total. The first-order valence-electron chi connectivity index (χ1n) is 6.63. The highest BCUT2D eigenvalue weighted by molar-refractivity contribution is 5.64. The summed E-state index contributed by atoms with van der Waals surface area (Å²) in [7, 11) is 0. The predicted octanol–water partition coefficient (Wildman–Crippen LogP) is -0.876. The summed E-state index contributed by atoms with van der Waals surface area (Å²) in [5, 5.41) is 48.5. The van der Waals surface area contributed by atoms with E-state index in [1.165, 1.54) is 0 Å². The molecule has 156 valence electrons. The highest BCUT2D eigenvalue weighted by Crippen LogP contribution is 2.27. The summed E-state index contributed by atoms with van der Waals surface area (Å²) in [6.45, 7) is -3.83. The summed E-state index contributed by atoms with van der Waals surface area (Å²) < 4.78 is 40.7. The lowest BCUT2D eigenvalue weighted by Gasteiger charge is -2.12. The third-order valence-electron chi connectivity index (χ3n) is 2.96. The van der Waals surface area contributed by atoms with Crippen molar-refractivity contribution in [2.75, 3.05) is 13.2 Å². The molecule has 0 amide bonds. The Hall–Kier alpha value is -4.46. The number of ether oxygens (including phenoxy) is 2. The highest BCUT2D eigenvalue weighted by Gasteiger charge is 2.61. The Bertz CT molecular complexity index is 892. The molecule has 0 unspecified atom stereocenters. The zero-order chi connectivity index (χ0) is 22.0. The van der Waals surface area contributed by atoms with E-state index in [4.69, 9.17) is 0 Å². The summed E-state index contributed by atoms with van der Waals surface area (Å²) in [4.78, 5) is 41.2. The van der Waals surface area contributed by atoms with Crippen molar-refractivity contribution in [1.29, 1.82) is 0 Å². The van der Waals surface area contributed by atoms with Gasteiger partial charge in [0.05, 0.1) is 0 Å². The number of rotatable bonds is 10. The zero-order valence-corrected chi connectivity index (χ0v) is 13.2. The van der Waals surface area contributed by atoms with Gasteiger partial charge < -0.3 is 9.47 Å². The van der Waals surface area contributed by atoms with Crippen LogP contribution in [0.4, 0.5) is 8.78 Å². The van der Waals surface area contributed by atoms with E-state index in [0.29, 0.717) is 0 Å². The fraction of sp³-hybridized carbons (Fsp3) is 0.500. The second kappa shape index (κ2) is 7.28. The summed E-state index contributed by atoms with van der Waals surface area (Å²) >= 11 is 0. The van der Waals surface area contributed by atoms with Gasteiger partial charge in [0.15, 0.2) is 0 Å². The van der Waals surface area contributed by atoms with Crippen LogP contribution < -0.4 is 9.47 Å². The molecule has 0 aliphatic rings. The van der Waals surface area contributed by atoms with E-state index in [1.807, 2.05) is 0 Å². The van der Waals surface area contributed by atoms with E-state index in [0.717, 1.165) is 0 Å². The van der Waals surface area contributed by atoms with Crippen molar-refractivity contribution >= 4 is 11.3 Å². The van der Waals surface area contributed by atoms with Crippen LogP contribution in [0, 0.1) is 40.5 Å². The molecule has 0 fully saturated rings. The van der Waals surface area contributed by atoms with Gasteiger partial charge in [-0.3, -0.25) is 40.5 Å². The van der Waals surface area contributed by atoms with Crippen molar-refractivity contribution in [3.8, 4) is 11.8 Å². The van der Waals surface area contributed by atoms with Gasteiger partial charge in [0.2, 0.25) is 11.3 Å². The van der Waals surface area contributed by atoms with Gasteiger partial charge in [-0.05, 0) is 10.3 Å². The average Bonchev–Trinajstić information content (AvgIpc) is 3.09. The van der Waals surface area contributed by atoms with Gasteiger partial charge in [0.25, 0.3) is 25.0 Å². The third-order valence-corrected chi connectivity index (χ3v) is 2.96. The SMILES string of the molecule is O=[N+]([O-])C(F)(COc1nc2nonc2nc1OCC(F)([N+](=O)[O-])[N+](=O)[O-])[N+](=O)[O-]. The van der Waals surface area contributed by atoms with Crippen LogP contribution in [-0.4, -0.2) is 65.0 Å². The Morgan fingerprint density at radius 3 is 1.34 bits per heavy atom. The van der Waals surface area contributed by atoms with Crippen LogP contribution in [0.15, 0.2) is 4.63 Å². The predicted molar refractivity (Wildman–Crippen MR) is 74.0 cm³/mol. The number of hydrogen-bond donors (Lipinski definition) is 0. The molecule has 0 bridgehead atoms. The minimum atomic E-state index is -4.36. The molecule has 2 aromatic heterocycles. The van der Waals surface area contributed by atoms with Crippen LogP contribution in [0.25, 0.3) is 11.3 Å². The maximum Gasteiger partial charge on any atom is 0.648 e. The standard InChI is InChI=1S/C8H4F2N8O11/c9-7(15(19)20,16(21)22)1-27-5-6(12-4-3(11-5)13-29-14-4)28-2-8(10,17(23)24)18(25)26/h1-2H2. The summed E-state index contributed by atoms with van der Waals surface area (Å²) in [5.41, 5.74) is -1.01. The van der Waals surface area contributed by atoms with Gasteiger partial charge in [-0.25, -0.2) is 4.63 Å². The van der Waals surface area contributed by atoms with E-state index in [2.05, 4.69) is 34.4 Å². The van der Waals surface area contributed by atoms with Crippen LogP contribution in [0.1, 0.15) is 0 Å². The summed E-state index contributed by atoms with van der Waals surface area (Å²) in [5.74, 6) is -11.0. The molecule has 19 nitrogen and oxygen atoms in total. The molecule has 2 rings (SSSR count).